The number of ketones is 1. The van der Waals surface area contributed by atoms with Crippen molar-refractivity contribution in [2.45, 2.75) is 33.6 Å². The minimum atomic E-state index is 0.106. The third-order valence-electron chi connectivity index (χ3n) is 3.52. The summed E-state index contributed by atoms with van der Waals surface area (Å²) in [6, 6.07) is 9.99. The maximum Gasteiger partial charge on any atom is 0.185 e. The van der Waals surface area contributed by atoms with Gasteiger partial charge < -0.3 is 0 Å². The summed E-state index contributed by atoms with van der Waals surface area (Å²) in [6.45, 7) is 6.15. The van der Waals surface area contributed by atoms with Crippen LogP contribution in [0.25, 0.3) is 0 Å². The van der Waals surface area contributed by atoms with Crippen LogP contribution in [0, 0.1) is 13.8 Å². The van der Waals surface area contributed by atoms with Crippen LogP contribution in [-0.2, 0) is 12.8 Å². The number of rotatable bonds is 4. The molecule has 2 aromatic rings. The summed E-state index contributed by atoms with van der Waals surface area (Å²) in [6.07, 6.45) is 2.96. The third-order valence-corrected chi connectivity index (χ3v) is 3.52. The molecule has 1 aromatic heterocycles. The molecule has 2 rings (SSSR count). The van der Waals surface area contributed by atoms with Crippen molar-refractivity contribution in [3.8, 4) is 0 Å². The predicted molar refractivity (Wildman–Crippen MR) is 77.6 cm³/mol. The first-order chi connectivity index (χ1) is 9.13. The van der Waals surface area contributed by atoms with Gasteiger partial charge in [-0.2, -0.15) is 0 Å². The summed E-state index contributed by atoms with van der Waals surface area (Å²) in [5.41, 5.74) is 5.11. The number of benzene rings is 1. The summed E-state index contributed by atoms with van der Waals surface area (Å²) in [5.74, 6) is 0.106. The molecule has 0 fully saturated rings. The van der Waals surface area contributed by atoms with E-state index in [-0.39, 0.29) is 5.78 Å². The zero-order valence-electron chi connectivity index (χ0n) is 11.7. The Morgan fingerprint density at radius 3 is 2.42 bits per heavy atom. The highest BCUT2D eigenvalue weighted by Gasteiger charge is 2.14. The van der Waals surface area contributed by atoms with Crippen molar-refractivity contribution in [2.75, 3.05) is 0 Å². The van der Waals surface area contributed by atoms with Crippen LogP contribution in [0.1, 0.15) is 39.7 Å². The van der Waals surface area contributed by atoms with Gasteiger partial charge in [-0.15, -0.1) is 0 Å². The first-order valence-corrected chi connectivity index (χ1v) is 6.65. The molecule has 0 unspecified atom stereocenters. The van der Waals surface area contributed by atoms with Gasteiger partial charge in [0.15, 0.2) is 5.78 Å². The second-order valence-corrected chi connectivity index (χ2v) is 4.84. The predicted octanol–water partition coefficient (Wildman–Crippen LogP) is 3.69. The second kappa shape index (κ2) is 5.79. The van der Waals surface area contributed by atoms with Crippen LogP contribution in [0.3, 0.4) is 0 Å². The number of Topliss-reactive ketones (excluding diaryl/α,β-unsaturated/α-hetero) is 1. The van der Waals surface area contributed by atoms with E-state index in [2.05, 4.69) is 31.0 Å². The number of pyridine rings is 1. The van der Waals surface area contributed by atoms with E-state index in [4.69, 9.17) is 0 Å². The minimum Gasteiger partial charge on any atom is -0.292 e. The molecule has 0 N–H and O–H groups in total. The number of aryl methyl sites for hydroxylation is 3. The summed E-state index contributed by atoms with van der Waals surface area (Å²) in [4.78, 5) is 16.7. The van der Waals surface area contributed by atoms with E-state index in [1.165, 1.54) is 11.1 Å². The maximum absolute atomic E-state index is 12.4. The largest absolute Gasteiger partial charge is 0.292 e. The number of hydrogen-bond donors (Lipinski definition) is 0. The Morgan fingerprint density at radius 1 is 1.11 bits per heavy atom. The van der Waals surface area contributed by atoms with Crippen molar-refractivity contribution >= 4 is 5.78 Å². The molecular formula is C17H19NO. The van der Waals surface area contributed by atoms with Crippen LogP contribution in [0.5, 0.6) is 0 Å². The van der Waals surface area contributed by atoms with Crippen LogP contribution in [-0.4, -0.2) is 10.8 Å². The molecule has 1 aromatic carbocycles. The lowest BCUT2D eigenvalue weighted by Crippen LogP contribution is -2.11. The fraction of sp³-hybridized carbons (Fsp3) is 0.294. The second-order valence-electron chi connectivity index (χ2n) is 4.84. The van der Waals surface area contributed by atoms with Gasteiger partial charge in [-0.25, -0.2) is 0 Å². The van der Waals surface area contributed by atoms with Crippen molar-refractivity contribution in [3.05, 3.63) is 64.5 Å². The number of nitrogens with zero attached hydrogens (tertiary/aromatic N) is 1. The molecule has 0 aliphatic carbocycles. The van der Waals surface area contributed by atoms with E-state index in [9.17, 15) is 4.79 Å². The molecule has 98 valence electrons. The highest BCUT2D eigenvalue weighted by Crippen LogP contribution is 2.17. The van der Waals surface area contributed by atoms with Gasteiger partial charge in [0.25, 0.3) is 0 Å². The fourth-order valence-electron chi connectivity index (χ4n) is 2.35. The first-order valence-electron chi connectivity index (χ1n) is 6.65. The summed E-state index contributed by atoms with van der Waals surface area (Å²) in [5, 5.41) is 0. The molecule has 2 nitrogen and oxygen atoms in total. The number of hydrogen-bond acceptors (Lipinski definition) is 2. The van der Waals surface area contributed by atoms with Crippen LogP contribution in [0.15, 0.2) is 36.5 Å². The molecule has 1 heterocycles. The van der Waals surface area contributed by atoms with Crippen molar-refractivity contribution in [1.29, 1.82) is 0 Å². The van der Waals surface area contributed by atoms with Gasteiger partial charge >= 0.3 is 0 Å². The Labute approximate surface area is 114 Å². The topological polar surface area (TPSA) is 30.0 Å². The average Bonchev–Trinajstić information content (AvgIpc) is 2.42. The molecule has 0 aliphatic heterocycles. The molecule has 19 heavy (non-hydrogen) atoms. The van der Waals surface area contributed by atoms with Gasteiger partial charge in [-0.3, -0.25) is 9.78 Å². The van der Waals surface area contributed by atoms with Gasteiger partial charge in [0.1, 0.15) is 5.69 Å². The van der Waals surface area contributed by atoms with Crippen molar-refractivity contribution in [2.24, 2.45) is 0 Å². The summed E-state index contributed by atoms with van der Waals surface area (Å²) >= 11 is 0. The normalized spacial score (nSPS) is 10.5. The molecule has 0 saturated carbocycles. The molecule has 0 bridgehead atoms. The highest BCUT2D eigenvalue weighted by atomic mass is 16.1. The molecular weight excluding hydrogens is 234 g/mol. The Balaban J connectivity index is 2.31. The summed E-state index contributed by atoms with van der Waals surface area (Å²) in [7, 11) is 0. The van der Waals surface area contributed by atoms with Gasteiger partial charge in [0.2, 0.25) is 0 Å². The van der Waals surface area contributed by atoms with Crippen LogP contribution in [0.2, 0.25) is 0 Å². The zero-order chi connectivity index (χ0) is 13.8. The molecule has 0 aliphatic rings. The molecule has 0 atom stereocenters. The van der Waals surface area contributed by atoms with E-state index in [0.29, 0.717) is 12.1 Å². The molecule has 2 heteroatoms. The lowest BCUT2D eigenvalue weighted by Gasteiger charge is -2.10. The Bertz CT molecular complexity index is 582. The van der Waals surface area contributed by atoms with Crippen LogP contribution < -0.4 is 0 Å². The van der Waals surface area contributed by atoms with E-state index < -0.39 is 0 Å². The van der Waals surface area contributed by atoms with Gasteiger partial charge in [-0.05, 0) is 48.6 Å². The van der Waals surface area contributed by atoms with E-state index >= 15 is 0 Å². The number of carbonyl (C=O) groups is 1. The Kier molecular flexibility index (Phi) is 4.10. The van der Waals surface area contributed by atoms with Crippen molar-refractivity contribution in [1.82, 2.24) is 4.98 Å². The Hall–Kier alpha value is -1.96. The van der Waals surface area contributed by atoms with Crippen molar-refractivity contribution in [3.63, 3.8) is 0 Å². The van der Waals surface area contributed by atoms with Crippen LogP contribution >= 0.6 is 0 Å². The molecule has 0 radical (unpaired) electrons. The number of aromatic nitrogens is 1. The molecule has 0 spiro atoms. The quantitative estimate of drug-likeness (QED) is 0.778. The highest BCUT2D eigenvalue weighted by molar-refractivity contribution is 5.97. The van der Waals surface area contributed by atoms with Gasteiger partial charge in [0, 0.05) is 12.6 Å². The van der Waals surface area contributed by atoms with Crippen molar-refractivity contribution < 1.29 is 4.79 Å². The SMILES string of the molecule is CCc1cccnc1C(=O)Cc1c(C)cccc1C. The number of carbonyl (C=O) groups excluding carboxylic acids is 1. The minimum absolute atomic E-state index is 0.106. The van der Waals surface area contributed by atoms with Gasteiger partial charge in [0.05, 0.1) is 0 Å². The maximum atomic E-state index is 12.4. The lowest BCUT2D eigenvalue weighted by atomic mass is 9.95. The van der Waals surface area contributed by atoms with E-state index in [1.807, 2.05) is 25.1 Å². The Morgan fingerprint density at radius 2 is 1.79 bits per heavy atom. The van der Waals surface area contributed by atoms with E-state index in [1.54, 1.807) is 6.20 Å². The van der Waals surface area contributed by atoms with Crippen LogP contribution in [0.4, 0.5) is 0 Å². The first kappa shape index (κ1) is 13.5. The smallest absolute Gasteiger partial charge is 0.185 e. The third kappa shape index (κ3) is 2.90. The average molecular weight is 253 g/mol. The summed E-state index contributed by atoms with van der Waals surface area (Å²) < 4.78 is 0. The van der Waals surface area contributed by atoms with Gasteiger partial charge in [-0.1, -0.05) is 31.2 Å². The standard InChI is InChI=1S/C17H19NO/c1-4-14-9-6-10-18-17(14)16(19)11-15-12(2)7-5-8-13(15)3/h5-10H,4,11H2,1-3H3. The zero-order valence-corrected chi connectivity index (χ0v) is 11.7. The molecule has 0 saturated heterocycles. The monoisotopic (exact) mass is 253 g/mol. The lowest BCUT2D eigenvalue weighted by molar-refractivity contribution is 0.0987. The molecule has 0 amide bonds. The van der Waals surface area contributed by atoms with E-state index in [0.717, 1.165) is 17.5 Å². The fourth-order valence-corrected chi connectivity index (χ4v) is 2.35.